The average molecular weight is 360 g/mol. The molecule has 1 unspecified atom stereocenters. The van der Waals surface area contributed by atoms with E-state index in [-0.39, 0.29) is 6.54 Å². The molecule has 144 valence electrons. The first-order valence-electron chi connectivity index (χ1n) is 10.1. The summed E-state index contributed by atoms with van der Waals surface area (Å²) < 4.78 is 5.90. The van der Waals surface area contributed by atoms with Gasteiger partial charge in [-0.1, -0.05) is 18.6 Å². The van der Waals surface area contributed by atoms with Gasteiger partial charge in [0.05, 0.1) is 6.54 Å². The van der Waals surface area contributed by atoms with Gasteiger partial charge in [-0.15, -0.1) is 0 Å². The quantitative estimate of drug-likeness (QED) is 0.879. The molecule has 0 saturated carbocycles. The Morgan fingerprint density at radius 1 is 1.08 bits per heavy atom. The van der Waals surface area contributed by atoms with E-state index in [1.54, 1.807) is 0 Å². The topological polar surface area (TPSA) is 53.0 Å². The summed E-state index contributed by atoms with van der Waals surface area (Å²) in [4.78, 5) is 15.8. The van der Waals surface area contributed by atoms with Crippen LogP contribution in [0, 0.1) is 0 Å². The first kappa shape index (κ1) is 19.2. The Bertz CT molecular complexity index is 578. The number of nitrogens with zero attached hydrogens (tertiary/aromatic N) is 2. The molecule has 1 aromatic carbocycles. The Morgan fingerprint density at radius 2 is 1.88 bits per heavy atom. The highest BCUT2D eigenvalue weighted by Crippen LogP contribution is 2.23. The molecule has 0 spiro atoms. The minimum Gasteiger partial charge on any atom is -0.492 e. The predicted molar refractivity (Wildman–Crippen MR) is 103 cm³/mol. The van der Waals surface area contributed by atoms with Gasteiger partial charge in [0.1, 0.15) is 12.4 Å². The molecular formula is C21H32N2O3. The van der Waals surface area contributed by atoms with Crippen molar-refractivity contribution in [3.05, 3.63) is 29.8 Å². The van der Waals surface area contributed by atoms with Crippen LogP contribution in [0.25, 0.3) is 0 Å². The van der Waals surface area contributed by atoms with Gasteiger partial charge in [0.15, 0.2) is 0 Å². The molecule has 1 atom stereocenters. The zero-order valence-electron chi connectivity index (χ0n) is 15.7. The van der Waals surface area contributed by atoms with Crippen LogP contribution in [-0.4, -0.2) is 66.2 Å². The van der Waals surface area contributed by atoms with E-state index in [0.29, 0.717) is 19.2 Å². The number of aryl methyl sites for hydroxylation is 1. The number of fused-ring (bicyclic) bond motifs is 3. The maximum atomic E-state index is 11.1. The molecule has 0 radical (unpaired) electrons. The molecule has 0 aliphatic carbocycles. The highest BCUT2D eigenvalue weighted by atomic mass is 16.5. The second-order valence-corrected chi connectivity index (χ2v) is 7.60. The molecule has 0 amide bonds. The molecule has 3 rings (SSSR count). The molecule has 1 N–H and O–H groups in total. The highest BCUT2D eigenvalue weighted by molar-refractivity contribution is 5.69. The molecule has 5 heteroatoms. The van der Waals surface area contributed by atoms with E-state index in [0.717, 1.165) is 38.1 Å². The molecule has 2 heterocycles. The van der Waals surface area contributed by atoms with Crippen LogP contribution >= 0.6 is 0 Å². The summed E-state index contributed by atoms with van der Waals surface area (Å²) in [5.74, 6) is 0.133. The van der Waals surface area contributed by atoms with Gasteiger partial charge >= 0.3 is 5.97 Å². The molecule has 2 aliphatic rings. The fourth-order valence-electron chi connectivity index (χ4n) is 4.21. The van der Waals surface area contributed by atoms with Crippen LogP contribution in [-0.2, 0) is 11.2 Å². The van der Waals surface area contributed by atoms with Crippen LogP contribution in [0.2, 0.25) is 0 Å². The van der Waals surface area contributed by atoms with E-state index >= 15 is 0 Å². The lowest BCUT2D eigenvalue weighted by Gasteiger charge is -2.36. The summed E-state index contributed by atoms with van der Waals surface area (Å²) in [6.07, 6.45) is 8.46. The van der Waals surface area contributed by atoms with Gasteiger partial charge in [-0.05, 0) is 75.9 Å². The maximum Gasteiger partial charge on any atom is 0.317 e. The van der Waals surface area contributed by atoms with Crippen molar-refractivity contribution >= 4 is 5.97 Å². The van der Waals surface area contributed by atoms with Crippen molar-refractivity contribution in [2.24, 2.45) is 0 Å². The van der Waals surface area contributed by atoms with Gasteiger partial charge in [0.25, 0.3) is 0 Å². The van der Waals surface area contributed by atoms with Crippen molar-refractivity contribution in [1.29, 1.82) is 0 Å². The number of hydrogen-bond acceptors (Lipinski definition) is 4. The van der Waals surface area contributed by atoms with Gasteiger partial charge in [0.2, 0.25) is 0 Å². The van der Waals surface area contributed by atoms with Gasteiger partial charge in [-0.3, -0.25) is 9.69 Å². The molecule has 26 heavy (non-hydrogen) atoms. The van der Waals surface area contributed by atoms with Crippen LogP contribution in [0.15, 0.2) is 24.3 Å². The third-order valence-electron chi connectivity index (χ3n) is 5.62. The monoisotopic (exact) mass is 360 g/mol. The lowest BCUT2D eigenvalue weighted by molar-refractivity contribution is -0.138. The van der Waals surface area contributed by atoms with Crippen LogP contribution in [0.4, 0.5) is 0 Å². The Labute approximate surface area is 156 Å². The Balaban J connectivity index is 1.68. The summed E-state index contributed by atoms with van der Waals surface area (Å²) >= 11 is 0. The minimum absolute atomic E-state index is 0.0930. The molecular weight excluding hydrogens is 328 g/mol. The summed E-state index contributed by atoms with van der Waals surface area (Å²) in [6, 6.07) is 9.09. The lowest BCUT2D eigenvalue weighted by atomic mass is 9.95. The van der Waals surface area contributed by atoms with E-state index in [1.807, 2.05) is 11.0 Å². The lowest BCUT2D eigenvalue weighted by Crippen LogP contribution is -2.40. The number of rotatable bonds is 2. The fraction of sp³-hybridized carbons (Fsp3) is 0.667. The standard InChI is InChI=1S/C21H32N2O3/c24-21(25)17-22-11-3-4-13-23-12-2-1-7-19(23)10-9-18-6-5-8-20(16-18)26-15-14-22/h5-6,8,16,19H,1-4,7,9-15,17H2,(H,24,25). The first-order chi connectivity index (χ1) is 12.7. The molecule has 2 aliphatic heterocycles. The molecule has 1 saturated heterocycles. The van der Waals surface area contributed by atoms with E-state index in [4.69, 9.17) is 9.84 Å². The van der Waals surface area contributed by atoms with Crippen molar-refractivity contribution in [3.63, 3.8) is 0 Å². The van der Waals surface area contributed by atoms with Crippen LogP contribution in [0.3, 0.4) is 0 Å². The summed E-state index contributed by atoms with van der Waals surface area (Å²) in [6.45, 7) is 4.47. The van der Waals surface area contributed by atoms with E-state index in [2.05, 4.69) is 23.1 Å². The smallest absolute Gasteiger partial charge is 0.317 e. The zero-order valence-corrected chi connectivity index (χ0v) is 15.7. The van der Waals surface area contributed by atoms with Gasteiger partial charge in [-0.2, -0.15) is 0 Å². The summed E-state index contributed by atoms with van der Waals surface area (Å²) in [5, 5.41) is 9.15. The van der Waals surface area contributed by atoms with E-state index in [9.17, 15) is 4.79 Å². The molecule has 2 bridgehead atoms. The van der Waals surface area contributed by atoms with Gasteiger partial charge in [-0.25, -0.2) is 0 Å². The second-order valence-electron chi connectivity index (χ2n) is 7.60. The van der Waals surface area contributed by atoms with Gasteiger partial charge in [0, 0.05) is 12.6 Å². The van der Waals surface area contributed by atoms with Crippen molar-refractivity contribution in [2.45, 2.75) is 51.0 Å². The van der Waals surface area contributed by atoms with Crippen molar-refractivity contribution in [2.75, 3.05) is 39.3 Å². The summed E-state index contributed by atoms with van der Waals surface area (Å²) in [5.41, 5.74) is 1.34. The first-order valence-corrected chi connectivity index (χ1v) is 10.1. The fourth-order valence-corrected chi connectivity index (χ4v) is 4.21. The molecule has 0 aromatic heterocycles. The Morgan fingerprint density at radius 3 is 2.73 bits per heavy atom. The zero-order chi connectivity index (χ0) is 18.2. The third-order valence-corrected chi connectivity index (χ3v) is 5.62. The van der Waals surface area contributed by atoms with Gasteiger partial charge < -0.3 is 14.7 Å². The van der Waals surface area contributed by atoms with Crippen molar-refractivity contribution in [3.8, 4) is 5.75 Å². The number of carboxylic acids is 1. The number of carboxylic acid groups (broad SMARTS) is 1. The third kappa shape index (κ3) is 5.99. The predicted octanol–water partition coefficient (Wildman–Crippen LogP) is 3.03. The summed E-state index contributed by atoms with van der Waals surface area (Å²) in [7, 11) is 0. The number of hydrogen-bond donors (Lipinski definition) is 1. The highest BCUT2D eigenvalue weighted by Gasteiger charge is 2.22. The SMILES string of the molecule is O=C(O)CN1CCCCN2CCCCC2CCc2cccc(c2)OCC1. The molecule has 1 fully saturated rings. The average Bonchev–Trinajstić information content (AvgIpc) is 2.64. The maximum absolute atomic E-state index is 11.1. The van der Waals surface area contributed by atoms with E-state index in [1.165, 1.54) is 37.8 Å². The number of piperidine rings is 1. The van der Waals surface area contributed by atoms with Crippen molar-refractivity contribution in [1.82, 2.24) is 9.80 Å². The minimum atomic E-state index is -0.763. The van der Waals surface area contributed by atoms with Crippen LogP contribution < -0.4 is 4.74 Å². The molecule has 5 nitrogen and oxygen atoms in total. The Kier molecular flexibility index (Phi) is 7.32. The molecule has 1 aromatic rings. The Hall–Kier alpha value is -1.59. The number of carbonyl (C=O) groups is 1. The van der Waals surface area contributed by atoms with E-state index < -0.39 is 5.97 Å². The van der Waals surface area contributed by atoms with Crippen LogP contribution in [0.5, 0.6) is 5.75 Å². The largest absolute Gasteiger partial charge is 0.492 e. The van der Waals surface area contributed by atoms with Crippen molar-refractivity contribution < 1.29 is 14.6 Å². The normalized spacial score (nSPS) is 23.9. The second kappa shape index (κ2) is 9.93. The number of benzene rings is 1. The number of ether oxygens (including phenoxy) is 1. The number of aliphatic carboxylic acids is 1. The van der Waals surface area contributed by atoms with Crippen LogP contribution in [0.1, 0.15) is 44.1 Å².